The van der Waals surface area contributed by atoms with Crippen LogP contribution in [-0.4, -0.2) is 24.5 Å². The number of methoxy groups -OCH3 is 1. The van der Waals surface area contributed by atoms with E-state index in [0.29, 0.717) is 13.0 Å². The van der Waals surface area contributed by atoms with Crippen molar-refractivity contribution in [3.05, 3.63) is 30.0 Å². The molecular weight excluding hydrogens is 228 g/mol. The van der Waals surface area contributed by atoms with Gasteiger partial charge in [-0.3, -0.25) is 4.79 Å². The normalized spacial score (nSPS) is 10.6. The van der Waals surface area contributed by atoms with Crippen molar-refractivity contribution in [2.75, 3.05) is 13.7 Å². The zero-order valence-electron chi connectivity index (χ0n) is 10.7. The molecule has 0 aliphatic heterocycles. The van der Waals surface area contributed by atoms with Gasteiger partial charge < -0.3 is 15.0 Å². The highest BCUT2D eigenvalue weighted by atomic mass is 16.5. The van der Waals surface area contributed by atoms with E-state index >= 15 is 0 Å². The molecule has 4 heteroatoms. The van der Waals surface area contributed by atoms with Crippen LogP contribution in [0.5, 0.6) is 5.75 Å². The molecule has 96 valence electrons. The molecule has 0 bridgehead atoms. The highest BCUT2D eigenvalue weighted by Crippen LogP contribution is 2.23. The Hall–Kier alpha value is -1.97. The van der Waals surface area contributed by atoms with Gasteiger partial charge >= 0.3 is 0 Å². The first-order valence-electron chi connectivity index (χ1n) is 6.15. The van der Waals surface area contributed by atoms with E-state index in [4.69, 9.17) is 4.74 Å². The summed E-state index contributed by atoms with van der Waals surface area (Å²) in [7, 11) is 1.66. The third kappa shape index (κ3) is 2.64. The van der Waals surface area contributed by atoms with Crippen molar-refractivity contribution in [1.82, 2.24) is 10.3 Å². The van der Waals surface area contributed by atoms with Crippen molar-refractivity contribution in [3.8, 4) is 5.75 Å². The zero-order valence-corrected chi connectivity index (χ0v) is 10.7. The average Bonchev–Trinajstić information content (AvgIpc) is 2.81. The number of H-pyrrole nitrogens is 1. The maximum Gasteiger partial charge on any atom is 0.219 e. The standard InChI is InChI=1S/C14H18N2O2/c1-3-14(17)15-7-6-10-9-16-13-8-11(18-2)4-5-12(10)13/h4-5,8-9,16H,3,6-7H2,1-2H3,(H,15,17). The van der Waals surface area contributed by atoms with Crippen LogP contribution in [0.2, 0.25) is 0 Å². The summed E-state index contributed by atoms with van der Waals surface area (Å²) in [6.07, 6.45) is 3.35. The van der Waals surface area contributed by atoms with Crippen LogP contribution < -0.4 is 10.1 Å². The highest BCUT2D eigenvalue weighted by molar-refractivity contribution is 5.84. The molecule has 18 heavy (non-hydrogen) atoms. The zero-order chi connectivity index (χ0) is 13.0. The minimum atomic E-state index is 0.0940. The lowest BCUT2D eigenvalue weighted by atomic mass is 10.1. The van der Waals surface area contributed by atoms with Gasteiger partial charge in [-0.15, -0.1) is 0 Å². The fourth-order valence-corrected chi connectivity index (χ4v) is 1.96. The predicted molar refractivity (Wildman–Crippen MR) is 71.9 cm³/mol. The summed E-state index contributed by atoms with van der Waals surface area (Å²) in [6, 6.07) is 5.97. The van der Waals surface area contributed by atoms with Gasteiger partial charge in [0.2, 0.25) is 5.91 Å². The number of fused-ring (bicyclic) bond motifs is 1. The third-order valence-electron chi connectivity index (χ3n) is 3.01. The summed E-state index contributed by atoms with van der Waals surface area (Å²) in [5.74, 6) is 0.937. The Bertz CT molecular complexity index is 546. The Morgan fingerprint density at radius 1 is 1.44 bits per heavy atom. The number of ether oxygens (including phenoxy) is 1. The molecule has 0 saturated heterocycles. The van der Waals surface area contributed by atoms with Crippen LogP contribution in [0.15, 0.2) is 24.4 Å². The molecule has 0 saturated carbocycles. The van der Waals surface area contributed by atoms with E-state index in [1.807, 2.05) is 31.3 Å². The minimum Gasteiger partial charge on any atom is -0.497 e. The Morgan fingerprint density at radius 3 is 3.00 bits per heavy atom. The largest absolute Gasteiger partial charge is 0.497 e. The monoisotopic (exact) mass is 246 g/mol. The second kappa shape index (κ2) is 5.58. The molecule has 2 aromatic rings. The molecule has 0 spiro atoms. The van der Waals surface area contributed by atoms with Crippen LogP contribution in [0.3, 0.4) is 0 Å². The number of aromatic amines is 1. The lowest BCUT2D eigenvalue weighted by Crippen LogP contribution is -2.24. The van der Waals surface area contributed by atoms with Crippen molar-refractivity contribution in [2.24, 2.45) is 0 Å². The maximum atomic E-state index is 11.2. The molecular formula is C14H18N2O2. The molecule has 0 unspecified atom stereocenters. The van der Waals surface area contributed by atoms with Crippen molar-refractivity contribution in [1.29, 1.82) is 0 Å². The Morgan fingerprint density at radius 2 is 2.28 bits per heavy atom. The number of carbonyl (C=O) groups excluding carboxylic acids is 1. The first-order chi connectivity index (χ1) is 8.74. The Kier molecular flexibility index (Phi) is 3.87. The van der Waals surface area contributed by atoms with E-state index in [-0.39, 0.29) is 5.91 Å². The van der Waals surface area contributed by atoms with Crippen molar-refractivity contribution >= 4 is 16.8 Å². The first kappa shape index (κ1) is 12.5. The molecule has 0 aliphatic rings. The lowest BCUT2D eigenvalue weighted by Gasteiger charge is -2.03. The van der Waals surface area contributed by atoms with Crippen LogP contribution in [0.25, 0.3) is 10.9 Å². The van der Waals surface area contributed by atoms with Gasteiger partial charge in [0.25, 0.3) is 0 Å². The summed E-state index contributed by atoms with van der Waals surface area (Å²) in [6.45, 7) is 2.53. The summed E-state index contributed by atoms with van der Waals surface area (Å²) in [5.41, 5.74) is 2.27. The number of benzene rings is 1. The molecule has 1 aromatic carbocycles. The summed E-state index contributed by atoms with van der Waals surface area (Å²) in [4.78, 5) is 14.4. The van der Waals surface area contributed by atoms with Gasteiger partial charge in [-0.1, -0.05) is 6.92 Å². The summed E-state index contributed by atoms with van der Waals surface area (Å²) >= 11 is 0. The van der Waals surface area contributed by atoms with E-state index in [2.05, 4.69) is 10.3 Å². The molecule has 2 N–H and O–H groups in total. The van der Waals surface area contributed by atoms with E-state index in [1.165, 1.54) is 10.9 Å². The molecule has 1 amide bonds. The molecule has 4 nitrogen and oxygen atoms in total. The quantitative estimate of drug-likeness (QED) is 0.850. The van der Waals surface area contributed by atoms with Crippen LogP contribution in [-0.2, 0) is 11.2 Å². The number of rotatable bonds is 5. The number of hydrogen-bond donors (Lipinski definition) is 2. The molecule has 0 aliphatic carbocycles. The van der Waals surface area contributed by atoms with Gasteiger partial charge in [0.1, 0.15) is 5.75 Å². The third-order valence-corrected chi connectivity index (χ3v) is 3.01. The van der Waals surface area contributed by atoms with E-state index in [9.17, 15) is 4.79 Å². The number of aromatic nitrogens is 1. The van der Waals surface area contributed by atoms with Crippen LogP contribution in [0.4, 0.5) is 0 Å². The predicted octanol–water partition coefficient (Wildman–Crippen LogP) is 2.25. The van der Waals surface area contributed by atoms with Gasteiger partial charge in [0, 0.05) is 36.1 Å². The summed E-state index contributed by atoms with van der Waals surface area (Å²) < 4.78 is 5.18. The lowest BCUT2D eigenvalue weighted by molar-refractivity contribution is -0.120. The average molecular weight is 246 g/mol. The highest BCUT2D eigenvalue weighted by Gasteiger charge is 2.05. The van der Waals surface area contributed by atoms with Crippen molar-refractivity contribution in [2.45, 2.75) is 19.8 Å². The fourth-order valence-electron chi connectivity index (χ4n) is 1.96. The SMILES string of the molecule is CCC(=O)NCCc1c[nH]c2cc(OC)ccc12. The van der Waals surface area contributed by atoms with Crippen LogP contribution in [0, 0.1) is 0 Å². The molecule has 1 heterocycles. The summed E-state index contributed by atoms with van der Waals surface area (Å²) in [5, 5.41) is 4.06. The van der Waals surface area contributed by atoms with E-state index < -0.39 is 0 Å². The van der Waals surface area contributed by atoms with Crippen molar-refractivity contribution in [3.63, 3.8) is 0 Å². The topological polar surface area (TPSA) is 54.1 Å². The van der Waals surface area contributed by atoms with E-state index in [1.54, 1.807) is 7.11 Å². The molecule has 2 rings (SSSR count). The second-order valence-corrected chi connectivity index (χ2v) is 4.18. The van der Waals surface area contributed by atoms with Gasteiger partial charge in [0.05, 0.1) is 7.11 Å². The second-order valence-electron chi connectivity index (χ2n) is 4.18. The van der Waals surface area contributed by atoms with Crippen molar-refractivity contribution < 1.29 is 9.53 Å². The minimum absolute atomic E-state index is 0.0940. The smallest absolute Gasteiger partial charge is 0.219 e. The molecule has 1 aromatic heterocycles. The number of amides is 1. The number of nitrogens with one attached hydrogen (secondary N) is 2. The number of hydrogen-bond acceptors (Lipinski definition) is 2. The van der Waals surface area contributed by atoms with Gasteiger partial charge in [-0.25, -0.2) is 0 Å². The first-order valence-corrected chi connectivity index (χ1v) is 6.15. The molecule has 0 radical (unpaired) electrons. The van der Waals surface area contributed by atoms with Gasteiger partial charge in [0.15, 0.2) is 0 Å². The fraction of sp³-hybridized carbons (Fsp3) is 0.357. The Balaban J connectivity index is 2.07. The number of carbonyl (C=O) groups is 1. The van der Waals surface area contributed by atoms with Crippen LogP contribution in [0.1, 0.15) is 18.9 Å². The van der Waals surface area contributed by atoms with Crippen LogP contribution >= 0.6 is 0 Å². The molecule has 0 atom stereocenters. The Labute approximate surface area is 106 Å². The molecule has 0 fully saturated rings. The maximum absolute atomic E-state index is 11.2. The van der Waals surface area contributed by atoms with Gasteiger partial charge in [-0.05, 0) is 24.1 Å². The van der Waals surface area contributed by atoms with E-state index in [0.717, 1.165) is 17.7 Å². The van der Waals surface area contributed by atoms with Gasteiger partial charge in [-0.2, -0.15) is 0 Å².